The Morgan fingerprint density at radius 2 is 1.65 bits per heavy atom. The maximum Gasteiger partial charge on any atom is 0.186 e. The number of allylic oxidation sites excluding steroid dienone is 1. The van der Waals surface area contributed by atoms with Crippen LogP contribution >= 0.6 is 0 Å². The Morgan fingerprint density at radius 3 is 2.23 bits per heavy atom. The van der Waals surface area contributed by atoms with Crippen molar-refractivity contribution in [3.05, 3.63) is 72.8 Å². The van der Waals surface area contributed by atoms with E-state index in [-0.39, 0.29) is 5.78 Å². The van der Waals surface area contributed by atoms with Crippen LogP contribution in [-0.2, 0) is 4.79 Å². The fraction of sp³-hybridized carbons (Fsp3) is 0.190. The van der Waals surface area contributed by atoms with E-state index in [1.807, 2.05) is 81.4 Å². The lowest BCUT2D eigenvalue weighted by Crippen LogP contribution is -2.24. The highest BCUT2D eigenvalue weighted by Gasteiger charge is 2.26. The van der Waals surface area contributed by atoms with E-state index in [4.69, 9.17) is 4.74 Å². The van der Waals surface area contributed by atoms with Crippen molar-refractivity contribution in [2.24, 2.45) is 5.41 Å². The predicted octanol–water partition coefficient (Wildman–Crippen LogP) is 4.68. The summed E-state index contributed by atoms with van der Waals surface area (Å²) in [5.41, 5.74) is 0.842. The molecule has 1 aromatic heterocycles. The van der Waals surface area contributed by atoms with Gasteiger partial charge in [0.2, 0.25) is 0 Å². The van der Waals surface area contributed by atoms with Crippen molar-refractivity contribution in [2.45, 2.75) is 20.8 Å². The summed E-state index contributed by atoms with van der Waals surface area (Å²) in [6.07, 6.45) is 4.76. The molecule has 0 atom stereocenters. The lowest BCUT2D eigenvalue weighted by molar-refractivity contribution is -0.120. The van der Waals surface area contributed by atoms with Crippen molar-refractivity contribution in [2.75, 3.05) is 0 Å². The van der Waals surface area contributed by atoms with E-state index in [1.165, 1.54) is 17.3 Å². The molecule has 0 aliphatic carbocycles. The molecule has 5 nitrogen and oxygen atoms in total. The normalized spacial score (nSPS) is 12.0. The molecule has 0 radical (unpaired) electrons. The zero-order valence-corrected chi connectivity index (χ0v) is 15.1. The molecule has 0 amide bonds. The van der Waals surface area contributed by atoms with E-state index in [2.05, 4.69) is 10.1 Å². The van der Waals surface area contributed by atoms with Crippen molar-refractivity contribution in [3.63, 3.8) is 0 Å². The number of carbonyl (C=O) groups is 1. The second-order valence-corrected chi connectivity index (χ2v) is 6.93. The molecule has 0 unspecified atom stereocenters. The van der Waals surface area contributed by atoms with Crippen LogP contribution in [0.1, 0.15) is 26.3 Å². The van der Waals surface area contributed by atoms with Crippen LogP contribution in [0.2, 0.25) is 0 Å². The van der Waals surface area contributed by atoms with E-state index >= 15 is 0 Å². The summed E-state index contributed by atoms with van der Waals surface area (Å²) < 4.78 is 7.30. The fourth-order valence-corrected chi connectivity index (χ4v) is 2.37. The van der Waals surface area contributed by atoms with Crippen molar-refractivity contribution in [1.29, 1.82) is 0 Å². The largest absolute Gasteiger partial charge is 0.457 e. The smallest absolute Gasteiger partial charge is 0.186 e. The third-order valence-electron chi connectivity index (χ3n) is 3.74. The maximum absolute atomic E-state index is 12.8. The van der Waals surface area contributed by atoms with Gasteiger partial charge in [0.05, 0.1) is 0 Å². The molecule has 0 aliphatic heterocycles. The molecule has 0 bridgehead atoms. The quantitative estimate of drug-likeness (QED) is 0.629. The van der Waals surface area contributed by atoms with Gasteiger partial charge in [-0.05, 0) is 35.9 Å². The monoisotopic (exact) mass is 347 g/mol. The summed E-state index contributed by atoms with van der Waals surface area (Å²) in [6, 6.07) is 17.2. The van der Waals surface area contributed by atoms with E-state index in [9.17, 15) is 4.79 Å². The molecular formula is C21H21N3O2. The molecule has 2 aromatic carbocycles. The highest BCUT2D eigenvalue weighted by Crippen LogP contribution is 2.26. The van der Waals surface area contributed by atoms with Gasteiger partial charge in [0, 0.05) is 5.41 Å². The molecule has 0 aliphatic rings. The number of Topliss-reactive ketones (excluding diaryl/α,β-unsaturated/α-hetero) is 1. The number of carbonyl (C=O) groups excluding carboxylic acids is 1. The Bertz CT molecular complexity index is 891. The first-order valence-corrected chi connectivity index (χ1v) is 8.38. The second kappa shape index (κ2) is 7.35. The van der Waals surface area contributed by atoms with Crippen molar-refractivity contribution < 1.29 is 9.53 Å². The van der Waals surface area contributed by atoms with Gasteiger partial charge in [-0.2, -0.15) is 5.10 Å². The Morgan fingerprint density at radius 1 is 1.00 bits per heavy atom. The van der Waals surface area contributed by atoms with Gasteiger partial charge in [0.25, 0.3) is 0 Å². The minimum atomic E-state index is -0.520. The first kappa shape index (κ1) is 17.6. The van der Waals surface area contributed by atoms with Gasteiger partial charge in [-0.3, -0.25) is 4.79 Å². The predicted molar refractivity (Wildman–Crippen MR) is 102 cm³/mol. The fourth-order valence-electron chi connectivity index (χ4n) is 2.37. The molecule has 0 saturated carbocycles. The first-order valence-electron chi connectivity index (χ1n) is 8.38. The number of para-hydroxylation sites is 1. The van der Waals surface area contributed by atoms with Crippen LogP contribution in [0.4, 0.5) is 0 Å². The minimum Gasteiger partial charge on any atom is -0.457 e. The number of ether oxygens (including phenoxy) is 1. The molecule has 0 N–H and O–H groups in total. The molecule has 3 aromatic rings. The Kier molecular flexibility index (Phi) is 4.98. The van der Waals surface area contributed by atoms with E-state index in [0.29, 0.717) is 5.70 Å². The summed E-state index contributed by atoms with van der Waals surface area (Å²) in [6.45, 7) is 5.66. The van der Waals surface area contributed by atoms with Gasteiger partial charge < -0.3 is 4.74 Å². The van der Waals surface area contributed by atoms with Crippen LogP contribution in [0, 0.1) is 5.41 Å². The minimum absolute atomic E-state index is 0.00684. The lowest BCUT2D eigenvalue weighted by atomic mass is 9.88. The molecule has 0 spiro atoms. The molecule has 1 heterocycles. The second-order valence-electron chi connectivity index (χ2n) is 6.93. The third-order valence-corrected chi connectivity index (χ3v) is 3.74. The first-order chi connectivity index (χ1) is 12.4. The van der Waals surface area contributed by atoms with Crippen LogP contribution < -0.4 is 4.74 Å². The van der Waals surface area contributed by atoms with Crippen LogP contribution in [0.3, 0.4) is 0 Å². The maximum atomic E-state index is 12.8. The van der Waals surface area contributed by atoms with Gasteiger partial charge in [0.15, 0.2) is 5.78 Å². The van der Waals surface area contributed by atoms with Gasteiger partial charge in [0.1, 0.15) is 29.9 Å². The van der Waals surface area contributed by atoms with Gasteiger partial charge in [-0.15, -0.1) is 0 Å². The number of nitrogens with zero attached hydrogens (tertiary/aromatic N) is 3. The highest BCUT2D eigenvalue weighted by atomic mass is 16.5. The van der Waals surface area contributed by atoms with Gasteiger partial charge in [-0.1, -0.05) is 51.1 Å². The van der Waals surface area contributed by atoms with Crippen LogP contribution in [0.5, 0.6) is 11.5 Å². The van der Waals surface area contributed by atoms with Crippen LogP contribution in [0.25, 0.3) is 11.8 Å². The Balaban J connectivity index is 1.87. The zero-order valence-electron chi connectivity index (χ0n) is 15.1. The molecular weight excluding hydrogens is 326 g/mol. The molecule has 5 heteroatoms. The van der Waals surface area contributed by atoms with Gasteiger partial charge >= 0.3 is 0 Å². The van der Waals surface area contributed by atoms with E-state index in [1.54, 1.807) is 0 Å². The standard InChI is InChI=1S/C21H21N3O2/c1-21(2,3)20(25)19(24-15-22-14-23-24)13-16-9-11-18(12-10-16)26-17-7-5-4-6-8-17/h4-15H,1-3H3. The molecule has 0 saturated heterocycles. The Hall–Kier alpha value is -3.21. The molecule has 0 fully saturated rings. The van der Waals surface area contributed by atoms with Crippen LogP contribution in [0.15, 0.2) is 67.3 Å². The number of ketones is 1. The third kappa shape index (κ3) is 4.25. The molecule has 3 rings (SSSR count). The van der Waals surface area contributed by atoms with E-state index in [0.717, 1.165) is 17.1 Å². The van der Waals surface area contributed by atoms with Gasteiger partial charge in [-0.25, -0.2) is 9.67 Å². The number of hydrogen-bond donors (Lipinski definition) is 0. The summed E-state index contributed by atoms with van der Waals surface area (Å²) >= 11 is 0. The SMILES string of the molecule is CC(C)(C)C(=O)C(=Cc1ccc(Oc2ccccc2)cc1)n1cncn1. The van der Waals surface area contributed by atoms with E-state index < -0.39 is 5.41 Å². The average Bonchev–Trinajstić information content (AvgIpc) is 3.15. The van der Waals surface area contributed by atoms with Crippen molar-refractivity contribution in [3.8, 4) is 11.5 Å². The van der Waals surface area contributed by atoms with Crippen LogP contribution in [-0.4, -0.2) is 20.5 Å². The average molecular weight is 347 g/mol. The number of benzene rings is 2. The summed E-state index contributed by atoms with van der Waals surface area (Å²) in [5, 5.41) is 4.11. The zero-order chi connectivity index (χ0) is 18.6. The number of rotatable bonds is 5. The summed E-state index contributed by atoms with van der Waals surface area (Å²) in [5.74, 6) is 1.51. The topological polar surface area (TPSA) is 57.0 Å². The highest BCUT2D eigenvalue weighted by molar-refractivity contribution is 6.21. The molecule has 26 heavy (non-hydrogen) atoms. The molecule has 132 valence electrons. The lowest BCUT2D eigenvalue weighted by Gasteiger charge is -2.18. The summed E-state index contributed by atoms with van der Waals surface area (Å²) in [7, 11) is 0. The number of hydrogen-bond acceptors (Lipinski definition) is 4. The van der Waals surface area contributed by atoms with Crippen molar-refractivity contribution >= 4 is 17.6 Å². The summed E-state index contributed by atoms with van der Waals surface area (Å²) in [4.78, 5) is 16.7. The number of aromatic nitrogens is 3. The van der Waals surface area contributed by atoms with Crippen molar-refractivity contribution in [1.82, 2.24) is 14.8 Å². The Labute approximate surface area is 153 Å².